The zero-order valence-corrected chi connectivity index (χ0v) is 15.6. The van der Waals surface area contributed by atoms with Crippen LogP contribution >= 0.6 is 0 Å². The van der Waals surface area contributed by atoms with E-state index in [4.69, 9.17) is 0 Å². The highest BCUT2D eigenvalue weighted by molar-refractivity contribution is 6.06. The molecule has 2 heterocycles. The minimum Gasteiger partial charge on any atom is -0.323 e. The molecule has 4 rings (SSSR count). The molecule has 0 saturated carbocycles. The summed E-state index contributed by atoms with van der Waals surface area (Å²) in [5, 5.41) is 2.92. The van der Waals surface area contributed by atoms with E-state index in [0.717, 1.165) is 25.9 Å². The van der Waals surface area contributed by atoms with Crippen LogP contribution < -0.4 is 5.32 Å². The lowest BCUT2D eigenvalue weighted by molar-refractivity contribution is -0.132. The number of urea groups is 1. The van der Waals surface area contributed by atoms with E-state index in [1.54, 1.807) is 0 Å². The summed E-state index contributed by atoms with van der Waals surface area (Å²) in [6, 6.07) is 18.2. The quantitative estimate of drug-likeness (QED) is 0.831. The highest BCUT2D eigenvalue weighted by Crippen LogP contribution is 2.25. The third-order valence-electron chi connectivity index (χ3n) is 5.65. The zero-order valence-electron chi connectivity index (χ0n) is 15.6. The van der Waals surface area contributed by atoms with E-state index in [1.807, 2.05) is 43.3 Å². The molecular formula is C22H25N3O2. The Balaban J connectivity index is 1.41. The molecular weight excluding hydrogens is 338 g/mol. The van der Waals surface area contributed by atoms with E-state index in [1.165, 1.54) is 21.6 Å². The first kappa shape index (κ1) is 17.7. The minimum absolute atomic E-state index is 0.123. The molecule has 0 bridgehead atoms. The lowest BCUT2D eigenvalue weighted by Crippen LogP contribution is -2.46. The average molecular weight is 363 g/mol. The van der Waals surface area contributed by atoms with Gasteiger partial charge in [-0.1, -0.05) is 54.6 Å². The van der Waals surface area contributed by atoms with Gasteiger partial charge < -0.3 is 5.32 Å². The Morgan fingerprint density at radius 1 is 1.00 bits per heavy atom. The normalized spacial score (nSPS) is 22.6. The van der Waals surface area contributed by atoms with Crippen LogP contribution in [0.3, 0.4) is 0 Å². The van der Waals surface area contributed by atoms with E-state index >= 15 is 0 Å². The van der Waals surface area contributed by atoms with Gasteiger partial charge in [0.15, 0.2) is 0 Å². The first-order chi connectivity index (χ1) is 13.0. The van der Waals surface area contributed by atoms with Gasteiger partial charge in [-0.3, -0.25) is 9.69 Å². The Morgan fingerprint density at radius 2 is 1.70 bits per heavy atom. The van der Waals surface area contributed by atoms with Crippen LogP contribution in [0.15, 0.2) is 54.6 Å². The third kappa shape index (κ3) is 3.60. The number of carbonyl (C=O) groups excluding carboxylic acids is 2. The van der Waals surface area contributed by atoms with Crippen LogP contribution in [0.4, 0.5) is 4.79 Å². The minimum atomic E-state index is -0.833. The van der Waals surface area contributed by atoms with Crippen molar-refractivity contribution in [2.24, 2.45) is 0 Å². The Morgan fingerprint density at radius 3 is 2.48 bits per heavy atom. The number of carbonyl (C=O) groups is 2. The first-order valence-corrected chi connectivity index (χ1v) is 9.52. The van der Waals surface area contributed by atoms with Crippen molar-refractivity contribution in [3.05, 3.63) is 71.3 Å². The van der Waals surface area contributed by atoms with Crippen molar-refractivity contribution < 1.29 is 9.59 Å². The third-order valence-corrected chi connectivity index (χ3v) is 5.65. The Bertz CT molecular complexity index is 852. The largest absolute Gasteiger partial charge is 0.326 e. The monoisotopic (exact) mass is 363 g/mol. The summed E-state index contributed by atoms with van der Waals surface area (Å²) in [4.78, 5) is 29.0. The highest BCUT2D eigenvalue weighted by atomic mass is 16.2. The SMILES string of the molecule is C[C@]1(CCc2ccccc2)NC(=O)N(CN2CCc3ccccc3C2)C1=O. The van der Waals surface area contributed by atoms with Gasteiger partial charge in [-0.2, -0.15) is 0 Å². The van der Waals surface area contributed by atoms with Crippen LogP contribution in [0, 0.1) is 0 Å². The van der Waals surface area contributed by atoms with E-state index in [-0.39, 0.29) is 11.9 Å². The molecule has 5 heteroatoms. The van der Waals surface area contributed by atoms with E-state index in [9.17, 15) is 9.59 Å². The summed E-state index contributed by atoms with van der Waals surface area (Å²) >= 11 is 0. The maximum atomic E-state index is 13.0. The second-order valence-corrected chi connectivity index (χ2v) is 7.69. The van der Waals surface area contributed by atoms with Crippen molar-refractivity contribution in [2.75, 3.05) is 13.2 Å². The number of fused-ring (bicyclic) bond motifs is 1. The van der Waals surface area contributed by atoms with Gasteiger partial charge in [-0.15, -0.1) is 0 Å². The summed E-state index contributed by atoms with van der Waals surface area (Å²) in [6.45, 7) is 3.81. The van der Waals surface area contributed by atoms with Crippen molar-refractivity contribution in [3.8, 4) is 0 Å². The molecule has 1 N–H and O–H groups in total. The fraction of sp³-hybridized carbons (Fsp3) is 0.364. The maximum Gasteiger partial charge on any atom is 0.326 e. The number of rotatable bonds is 5. The number of nitrogens with one attached hydrogen (secondary N) is 1. The molecule has 27 heavy (non-hydrogen) atoms. The van der Waals surface area contributed by atoms with Gasteiger partial charge in [0.05, 0.1) is 6.67 Å². The average Bonchev–Trinajstić information content (AvgIpc) is 2.91. The maximum absolute atomic E-state index is 13.0. The summed E-state index contributed by atoms with van der Waals surface area (Å²) in [5.74, 6) is -0.123. The molecule has 1 saturated heterocycles. The van der Waals surface area contributed by atoms with Gasteiger partial charge in [0, 0.05) is 13.1 Å². The lowest BCUT2D eigenvalue weighted by atomic mass is 9.93. The van der Waals surface area contributed by atoms with E-state index in [0.29, 0.717) is 13.1 Å². The standard InChI is InChI=1S/C22H25N3O2/c1-22(13-11-17-7-3-2-4-8-17)20(26)25(21(27)23-22)16-24-14-12-18-9-5-6-10-19(18)15-24/h2-10H,11-16H2,1H3,(H,23,27)/t22-/m1/s1. The molecule has 0 unspecified atom stereocenters. The van der Waals surface area contributed by atoms with Gasteiger partial charge in [0.1, 0.15) is 5.54 Å². The number of hydrogen-bond donors (Lipinski definition) is 1. The Kier molecular flexibility index (Phi) is 4.70. The number of amides is 3. The number of aryl methyl sites for hydroxylation is 1. The molecule has 0 radical (unpaired) electrons. The molecule has 0 spiro atoms. The number of benzene rings is 2. The second kappa shape index (κ2) is 7.16. The summed E-state index contributed by atoms with van der Waals surface area (Å²) < 4.78 is 0. The van der Waals surface area contributed by atoms with Gasteiger partial charge in [-0.25, -0.2) is 9.69 Å². The van der Waals surface area contributed by atoms with Crippen LogP contribution in [-0.4, -0.2) is 40.5 Å². The van der Waals surface area contributed by atoms with Crippen molar-refractivity contribution in [1.82, 2.24) is 15.1 Å². The molecule has 2 aliphatic rings. The number of imide groups is 1. The molecule has 2 aromatic carbocycles. The smallest absolute Gasteiger partial charge is 0.323 e. The van der Waals surface area contributed by atoms with Crippen molar-refractivity contribution in [2.45, 2.75) is 38.3 Å². The van der Waals surface area contributed by atoms with Gasteiger partial charge >= 0.3 is 6.03 Å². The summed E-state index contributed by atoms with van der Waals surface area (Å²) in [7, 11) is 0. The predicted molar refractivity (Wildman–Crippen MR) is 104 cm³/mol. The van der Waals surface area contributed by atoms with Crippen molar-refractivity contribution in [1.29, 1.82) is 0 Å². The molecule has 3 amide bonds. The van der Waals surface area contributed by atoms with E-state index in [2.05, 4.69) is 28.4 Å². The summed E-state index contributed by atoms with van der Waals surface area (Å²) in [5.41, 5.74) is 2.98. The Hall–Kier alpha value is -2.66. The topological polar surface area (TPSA) is 52.7 Å². The Labute approximate surface area is 160 Å². The molecule has 2 aliphatic heterocycles. The van der Waals surface area contributed by atoms with Gasteiger partial charge in [0.25, 0.3) is 5.91 Å². The van der Waals surface area contributed by atoms with Crippen LogP contribution in [0.1, 0.15) is 30.0 Å². The van der Waals surface area contributed by atoms with Crippen LogP contribution in [0.2, 0.25) is 0 Å². The predicted octanol–water partition coefficient (Wildman–Crippen LogP) is 2.95. The van der Waals surface area contributed by atoms with Crippen molar-refractivity contribution >= 4 is 11.9 Å². The van der Waals surface area contributed by atoms with Crippen molar-refractivity contribution in [3.63, 3.8) is 0 Å². The number of hydrogen-bond acceptors (Lipinski definition) is 3. The van der Waals surface area contributed by atoms with Gasteiger partial charge in [-0.05, 0) is 42.9 Å². The van der Waals surface area contributed by atoms with Crippen LogP contribution in [0.25, 0.3) is 0 Å². The van der Waals surface area contributed by atoms with Crippen LogP contribution in [-0.2, 0) is 24.2 Å². The van der Waals surface area contributed by atoms with Gasteiger partial charge in [0.2, 0.25) is 0 Å². The molecule has 2 aromatic rings. The fourth-order valence-corrected chi connectivity index (χ4v) is 3.96. The molecule has 1 atom stereocenters. The molecule has 1 fully saturated rings. The number of nitrogens with zero attached hydrogens (tertiary/aromatic N) is 2. The fourth-order valence-electron chi connectivity index (χ4n) is 3.96. The molecule has 0 aromatic heterocycles. The lowest BCUT2D eigenvalue weighted by Gasteiger charge is -2.31. The van der Waals surface area contributed by atoms with Crippen LogP contribution in [0.5, 0.6) is 0 Å². The first-order valence-electron chi connectivity index (χ1n) is 9.52. The second-order valence-electron chi connectivity index (χ2n) is 7.69. The summed E-state index contributed by atoms with van der Waals surface area (Å²) in [6.07, 6.45) is 2.31. The molecule has 0 aliphatic carbocycles. The highest BCUT2D eigenvalue weighted by Gasteiger charge is 2.47. The zero-order chi connectivity index (χ0) is 18.9. The molecule has 5 nitrogen and oxygen atoms in total. The molecule has 140 valence electrons. The van der Waals surface area contributed by atoms with E-state index < -0.39 is 5.54 Å².